The maximum Gasteiger partial charge on any atom is 0.235 e. The van der Waals surface area contributed by atoms with Crippen LogP contribution in [0.1, 0.15) is 38.3 Å². The molecule has 1 N–H and O–H groups in total. The van der Waals surface area contributed by atoms with Crippen LogP contribution in [0.4, 0.5) is 5.82 Å². The first-order valence-corrected chi connectivity index (χ1v) is 10.4. The Morgan fingerprint density at radius 1 is 1.31 bits per heavy atom. The highest BCUT2D eigenvalue weighted by atomic mass is 32.2. The Morgan fingerprint density at radius 3 is 2.62 bits per heavy atom. The molecule has 0 spiro atoms. The Bertz CT molecular complexity index is 767. The fraction of sp³-hybridized carbons (Fsp3) is 0.421. The molecule has 0 aliphatic heterocycles. The van der Waals surface area contributed by atoms with Crippen LogP contribution in [0, 0.1) is 0 Å². The molecule has 0 atom stereocenters. The monoisotopic (exact) mass is 388 g/mol. The molecule has 1 amide bonds. The molecule has 1 aliphatic carbocycles. The summed E-state index contributed by atoms with van der Waals surface area (Å²) in [4.78, 5) is 14.5. The van der Waals surface area contributed by atoms with E-state index >= 15 is 0 Å². The molecule has 1 saturated carbocycles. The molecular weight excluding hydrogens is 364 g/mol. The molecular formula is C19H24N4OS2. The number of thiocarbonyl (C=S) groups is 1. The molecule has 138 valence electrons. The number of carbonyl (C=O) groups excluding carboxylic acids is 1. The number of hydrogen-bond donors (Lipinski definition) is 1. The van der Waals surface area contributed by atoms with Gasteiger partial charge in [0, 0.05) is 25.1 Å². The fourth-order valence-corrected chi connectivity index (χ4v) is 3.91. The van der Waals surface area contributed by atoms with Gasteiger partial charge in [-0.1, -0.05) is 42.2 Å². The van der Waals surface area contributed by atoms with E-state index in [1.165, 1.54) is 24.6 Å². The van der Waals surface area contributed by atoms with Gasteiger partial charge in [-0.2, -0.15) is 5.10 Å². The third-order valence-corrected chi connectivity index (χ3v) is 5.86. The van der Waals surface area contributed by atoms with Crippen LogP contribution in [-0.4, -0.2) is 43.8 Å². The lowest BCUT2D eigenvalue weighted by Crippen LogP contribution is -2.28. The Hall–Kier alpha value is -1.86. The van der Waals surface area contributed by atoms with Gasteiger partial charge in [0.05, 0.1) is 17.1 Å². The molecule has 0 radical (unpaired) electrons. The lowest BCUT2D eigenvalue weighted by atomic mass is 10.3. The lowest BCUT2D eigenvalue weighted by molar-refractivity contribution is -0.113. The van der Waals surface area contributed by atoms with Gasteiger partial charge in [0.2, 0.25) is 5.91 Å². The summed E-state index contributed by atoms with van der Waals surface area (Å²) in [6.45, 7) is 5.84. The van der Waals surface area contributed by atoms with Crippen LogP contribution in [0.25, 0.3) is 5.69 Å². The summed E-state index contributed by atoms with van der Waals surface area (Å²) in [5.74, 6) is 1.48. The number of rotatable bonds is 7. The van der Waals surface area contributed by atoms with Gasteiger partial charge >= 0.3 is 0 Å². The van der Waals surface area contributed by atoms with Gasteiger partial charge < -0.3 is 10.2 Å². The summed E-state index contributed by atoms with van der Waals surface area (Å²) in [5, 5.41) is 7.71. The summed E-state index contributed by atoms with van der Waals surface area (Å²) < 4.78 is 2.58. The Labute approximate surface area is 164 Å². The molecule has 1 aromatic carbocycles. The second kappa shape index (κ2) is 8.68. The largest absolute Gasteiger partial charge is 0.358 e. The quantitative estimate of drug-likeness (QED) is 0.725. The van der Waals surface area contributed by atoms with Gasteiger partial charge in [-0.15, -0.1) is 0 Å². The van der Waals surface area contributed by atoms with E-state index in [0.717, 1.165) is 34.6 Å². The molecule has 0 unspecified atom stereocenters. The van der Waals surface area contributed by atoms with Crippen molar-refractivity contribution in [2.75, 3.05) is 24.2 Å². The molecule has 1 aliphatic rings. The van der Waals surface area contributed by atoms with Crippen molar-refractivity contribution in [2.24, 2.45) is 0 Å². The van der Waals surface area contributed by atoms with Crippen LogP contribution < -0.4 is 5.32 Å². The third kappa shape index (κ3) is 4.65. The number of benzene rings is 1. The number of amides is 1. The van der Waals surface area contributed by atoms with Crippen molar-refractivity contribution in [1.29, 1.82) is 0 Å². The number of nitrogens with zero attached hydrogens (tertiary/aromatic N) is 3. The van der Waals surface area contributed by atoms with Gasteiger partial charge in [-0.05, 0) is 38.8 Å². The number of para-hydroxylation sites is 1. The van der Waals surface area contributed by atoms with E-state index in [-0.39, 0.29) is 5.91 Å². The van der Waals surface area contributed by atoms with Crippen LogP contribution >= 0.6 is 24.0 Å². The smallest absolute Gasteiger partial charge is 0.235 e. The molecule has 3 rings (SSSR count). The van der Waals surface area contributed by atoms with Crippen LogP contribution in [0.5, 0.6) is 0 Å². The van der Waals surface area contributed by atoms with Crippen LogP contribution in [-0.2, 0) is 4.79 Å². The van der Waals surface area contributed by atoms with E-state index in [2.05, 4.69) is 24.1 Å². The van der Waals surface area contributed by atoms with Crippen LogP contribution in [0.2, 0.25) is 0 Å². The second-order valence-electron chi connectivity index (χ2n) is 6.25. The number of nitrogens with one attached hydrogen (secondary N) is 1. The lowest BCUT2D eigenvalue weighted by Gasteiger charge is -2.20. The maximum absolute atomic E-state index is 12.4. The molecule has 26 heavy (non-hydrogen) atoms. The number of carbonyl (C=O) groups is 1. The molecule has 1 aromatic heterocycles. The zero-order chi connectivity index (χ0) is 18.5. The van der Waals surface area contributed by atoms with Gasteiger partial charge in [-0.3, -0.25) is 4.79 Å². The summed E-state index contributed by atoms with van der Waals surface area (Å²) in [6.07, 6.45) is 2.35. The number of thioether (sulfide) groups is 1. The fourth-order valence-electron chi connectivity index (χ4n) is 2.71. The van der Waals surface area contributed by atoms with E-state index < -0.39 is 0 Å². The maximum atomic E-state index is 12.4. The molecule has 0 bridgehead atoms. The Morgan fingerprint density at radius 2 is 2.00 bits per heavy atom. The molecule has 1 fully saturated rings. The summed E-state index contributed by atoms with van der Waals surface area (Å²) in [7, 11) is 0. The highest BCUT2D eigenvalue weighted by Gasteiger charge is 2.28. The summed E-state index contributed by atoms with van der Waals surface area (Å²) in [6, 6.07) is 11.9. The molecule has 0 saturated heterocycles. The first-order valence-electron chi connectivity index (χ1n) is 8.99. The van der Waals surface area contributed by atoms with Crippen molar-refractivity contribution in [2.45, 2.75) is 32.6 Å². The standard InChI is InChI=1S/C19H24N4OS2/c1-3-22(4-2)19(25)26-13-18(24)20-17-12-16(14-10-11-14)21-23(17)15-8-6-5-7-9-15/h5-9,12,14H,3-4,10-11,13H2,1-2H3,(H,20,24). The van der Waals surface area contributed by atoms with E-state index in [1.54, 1.807) is 0 Å². The molecule has 1 heterocycles. The number of anilines is 1. The SMILES string of the molecule is CCN(CC)C(=S)SCC(=O)Nc1cc(C2CC2)nn1-c1ccccc1. The number of hydrogen-bond acceptors (Lipinski definition) is 4. The van der Waals surface area contributed by atoms with Gasteiger partial charge in [-0.25, -0.2) is 4.68 Å². The van der Waals surface area contributed by atoms with Crippen molar-refractivity contribution in [1.82, 2.24) is 14.7 Å². The van der Waals surface area contributed by atoms with E-state index in [0.29, 0.717) is 11.7 Å². The van der Waals surface area contributed by atoms with Gasteiger partial charge in [0.1, 0.15) is 10.1 Å². The first-order chi connectivity index (χ1) is 12.6. The topological polar surface area (TPSA) is 50.2 Å². The third-order valence-electron chi connectivity index (χ3n) is 4.34. The van der Waals surface area contributed by atoms with Crippen molar-refractivity contribution in [3.63, 3.8) is 0 Å². The zero-order valence-electron chi connectivity index (χ0n) is 15.1. The minimum Gasteiger partial charge on any atom is -0.358 e. The molecule has 2 aromatic rings. The normalized spacial score (nSPS) is 13.5. The second-order valence-corrected chi connectivity index (χ2v) is 7.86. The van der Waals surface area contributed by atoms with Crippen molar-refractivity contribution in [3.8, 4) is 5.69 Å². The predicted molar refractivity (Wildman–Crippen MR) is 112 cm³/mol. The van der Waals surface area contributed by atoms with Crippen LogP contribution in [0.15, 0.2) is 36.4 Å². The van der Waals surface area contributed by atoms with Crippen molar-refractivity contribution >= 4 is 40.0 Å². The molecule has 5 nitrogen and oxygen atoms in total. The Balaban J connectivity index is 1.68. The number of aromatic nitrogens is 2. The average Bonchev–Trinajstić information content (AvgIpc) is 3.43. The van der Waals surface area contributed by atoms with Gasteiger partial charge in [0.25, 0.3) is 0 Å². The van der Waals surface area contributed by atoms with Crippen LogP contribution in [0.3, 0.4) is 0 Å². The highest BCUT2D eigenvalue weighted by molar-refractivity contribution is 8.23. The van der Waals surface area contributed by atoms with E-state index in [1.807, 2.05) is 41.1 Å². The molecule has 7 heteroatoms. The zero-order valence-corrected chi connectivity index (χ0v) is 16.8. The minimum atomic E-state index is -0.0658. The van der Waals surface area contributed by atoms with E-state index in [9.17, 15) is 4.79 Å². The minimum absolute atomic E-state index is 0.0658. The summed E-state index contributed by atoms with van der Waals surface area (Å²) >= 11 is 6.80. The highest BCUT2D eigenvalue weighted by Crippen LogP contribution is 2.40. The van der Waals surface area contributed by atoms with Crippen molar-refractivity contribution in [3.05, 3.63) is 42.1 Å². The predicted octanol–water partition coefficient (Wildman–Crippen LogP) is 4.05. The first kappa shape index (κ1) is 18.9. The average molecular weight is 389 g/mol. The Kier molecular flexibility index (Phi) is 6.32. The van der Waals surface area contributed by atoms with E-state index in [4.69, 9.17) is 17.3 Å². The van der Waals surface area contributed by atoms with Crippen molar-refractivity contribution < 1.29 is 4.79 Å². The summed E-state index contributed by atoms with van der Waals surface area (Å²) in [5.41, 5.74) is 2.00. The van der Waals surface area contributed by atoms with Gasteiger partial charge in [0.15, 0.2) is 0 Å².